The molecule has 18 heavy (non-hydrogen) atoms. The fourth-order valence-electron chi connectivity index (χ4n) is 2.35. The van der Waals surface area contributed by atoms with Crippen LogP contribution in [0.3, 0.4) is 0 Å². The zero-order valence-corrected chi connectivity index (χ0v) is 10.1. The summed E-state index contributed by atoms with van der Waals surface area (Å²) >= 11 is 0. The Morgan fingerprint density at radius 1 is 1.39 bits per heavy atom. The van der Waals surface area contributed by atoms with E-state index in [1.165, 1.54) is 12.1 Å². The molecule has 0 aliphatic heterocycles. The molecule has 5 nitrogen and oxygen atoms in total. The smallest absolute Gasteiger partial charge is 0.255 e. The fourth-order valence-corrected chi connectivity index (χ4v) is 2.35. The normalized spacial score (nSPS) is 22.9. The predicted octanol–water partition coefficient (Wildman–Crippen LogP) is 0.955. The van der Waals surface area contributed by atoms with Gasteiger partial charge in [-0.3, -0.25) is 4.79 Å². The summed E-state index contributed by atoms with van der Waals surface area (Å²) in [5, 5.41) is 21.5. The first-order valence-electron chi connectivity index (χ1n) is 6.13. The number of amides is 1. The van der Waals surface area contributed by atoms with Crippen LogP contribution in [0.25, 0.3) is 0 Å². The van der Waals surface area contributed by atoms with E-state index in [-0.39, 0.29) is 29.0 Å². The molecule has 1 saturated carbocycles. The quantitative estimate of drug-likeness (QED) is 0.642. The molecule has 0 saturated heterocycles. The molecule has 0 aromatic heterocycles. The van der Waals surface area contributed by atoms with Gasteiger partial charge in [0, 0.05) is 18.7 Å². The molecule has 98 valence electrons. The van der Waals surface area contributed by atoms with E-state index in [1.54, 1.807) is 0 Å². The van der Waals surface area contributed by atoms with E-state index in [4.69, 9.17) is 10.8 Å². The van der Waals surface area contributed by atoms with Crippen molar-refractivity contribution in [2.75, 3.05) is 6.54 Å². The van der Waals surface area contributed by atoms with E-state index < -0.39 is 0 Å². The maximum atomic E-state index is 11.8. The minimum absolute atomic E-state index is 0.0677. The van der Waals surface area contributed by atoms with Crippen LogP contribution in [0.15, 0.2) is 18.2 Å². The zero-order valence-electron chi connectivity index (χ0n) is 10.1. The van der Waals surface area contributed by atoms with Crippen LogP contribution in [0.4, 0.5) is 0 Å². The second kappa shape index (κ2) is 5.27. The lowest BCUT2D eigenvalue weighted by Gasteiger charge is -2.16. The van der Waals surface area contributed by atoms with Crippen molar-refractivity contribution in [3.05, 3.63) is 23.8 Å². The maximum Gasteiger partial charge on any atom is 0.255 e. The van der Waals surface area contributed by atoms with E-state index in [9.17, 15) is 9.90 Å². The van der Waals surface area contributed by atoms with E-state index in [0.717, 1.165) is 25.3 Å². The Kier molecular flexibility index (Phi) is 3.72. The number of nitrogens with one attached hydrogen (secondary N) is 1. The van der Waals surface area contributed by atoms with Crippen LogP contribution in [0.2, 0.25) is 0 Å². The van der Waals surface area contributed by atoms with Gasteiger partial charge >= 0.3 is 0 Å². The van der Waals surface area contributed by atoms with Gasteiger partial charge in [-0.05, 0) is 30.9 Å². The van der Waals surface area contributed by atoms with Gasteiger partial charge in [0.15, 0.2) is 0 Å². The van der Waals surface area contributed by atoms with Crippen molar-refractivity contribution >= 4 is 5.91 Å². The number of hydrogen-bond donors (Lipinski definition) is 4. The molecule has 1 amide bonds. The van der Waals surface area contributed by atoms with Crippen molar-refractivity contribution in [1.29, 1.82) is 0 Å². The van der Waals surface area contributed by atoms with Gasteiger partial charge in [-0.1, -0.05) is 6.42 Å². The third-order valence-electron chi connectivity index (χ3n) is 3.47. The van der Waals surface area contributed by atoms with Crippen molar-refractivity contribution in [3.8, 4) is 11.5 Å². The number of phenolic OH excluding ortho intramolecular Hbond substituents is 2. The van der Waals surface area contributed by atoms with Crippen LogP contribution in [0.1, 0.15) is 29.6 Å². The van der Waals surface area contributed by atoms with Gasteiger partial charge in [-0.15, -0.1) is 0 Å². The number of rotatable bonds is 3. The second-order valence-corrected chi connectivity index (χ2v) is 4.77. The standard InChI is InChI=1S/C13H18N2O3/c14-11-3-1-2-8(11)7-15-13(18)10-5-4-9(16)6-12(10)17/h4-6,8,11,16-17H,1-3,7,14H2,(H,15,18). The summed E-state index contributed by atoms with van der Waals surface area (Å²) in [4.78, 5) is 11.8. The predicted molar refractivity (Wildman–Crippen MR) is 67.4 cm³/mol. The topological polar surface area (TPSA) is 95.6 Å². The maximum absolute atomic E-state index is 11.8. The highest BCUT2D eigenvalue weighted by molar-refractivity contribution is 5.96. The molecular formula is C13H18N2O3. The highest BCUT2D eigenvalue weighted by atomic mass is 16.3. The summed E-state index contributed by atoms with van der Waals surface area (Å²) < 4.78 is 0. The summed E-state index contributed by atoms with van der Waals surface area (Å²) in [6.45, 7) is 0.528. The van der Waals surface area contributed by atoms with E-state index >= 15 is 0 Å². The molecule has 0 spiro atoms. The highest BCUT2D eigenvalue weighted by Gasteiger charge is 2.24. The molecule has 5 heteroatoms. The molecule has 1 aromatic carbocycles. The molecule has 0 bridgehead atoms. The lowest BCUT2D eigenvalue weighted by atomic mass is 10.0. The summed E-state index contributed by atoms with van der Waals surface area (Å²) in [7, 11) is 0. The van der Waals surface area contributed by atoms with Crippen molar-refractivity contribution in [2.45, 2.75) is 25.3 Å². The monoisotopic (exact) mass is 250 g/mol. The first-order chi connectivity index (χ1) is 8.58. The van der Waals surface area contributed by atoms with Crippen LogP contribution in [-0.4, -0.2) is 28.7 Å². The number of nitrogens with two attached hydrogens (primary N) is 1. The van der Waals surface area contributed by atoms with E-state index in [1.807, 2.05) is 0 Å². The van der Waals surface area contributed by atoms with Gasteiger partial charge in [0.25, 0.3) is 5.91 Å². The minimum Gasteiger partial charge on any atom is -0.508 e. The van der Waals surface area contributed by atoms with Crippen LogP contribution in [0.5, 0.6) is 11.5 Å². The van der Waals surface area contributed by atoms with Crippen molar-refractivity contribution < 1.29 is 15.0 Å². The molecule has 0 heterocycles. The number of benzene rings is 1. The molecule has 1 aromatic rings. The lowest BCUT2D eigenvalue weighted by molar-refractivity contribution is 0.0944. The minimum atomic E-state index is -0.341. The Morgan fingerprint density at radius 2 is 2.17 bits per heavy atom. The third-order valence-corrected chi connectivity index (χ3v) is 3.47. The second-order valence-electron chi connectivity index (χ2n) is 4.77. The SMILES string of the molecule is NC1CCCC1CNC(=O)c1ccc(O)cc1O. The average Bonchev–Trinajstić information content (AvgIpc) is 2.72. The zero-order chi connectivity index (χ0) is 13.1. The van der Waals surface area contributed by atoms with Crippen molar-refractivity contribution in [2.24, 2.45) is 11.7 Å². The van der Waals surface area contributed by atoms with Gasteiger partial charge in [0.1, 0.15) is 11.5 Å². The number of carbonyl (C=O) groups is 1. The number of phenols is 2. The van der Waals surface area contributed by atoms with Gasteiger partial charge in [-0.2, -0.15) is 0 Å². The van der Waals surface area contributed by atoms with E-state index in [2.05, 4.69) is 5.32 Å². The summed E-state index contributed by atoms with van der Waals surface area (Å²) in [5.41, 5.74) is 6.09. The number of carbonyl (C=O) groups excluding carboxylic acids is 1. The fraction of sp³-hybridized carbons (Fsp3) is 0.462. The summed E-state index contributed by atoms with van der Waals surface area (Å²) in [6.07, 6.45) is 3.14. The van der Waals surface area contributed by atoms with Gasteiger partial charge in [-0.25, -0.2) is 0 Å². The van der Waals surface area contributed by atoms with Crippen molar-refractivity contribution in [3.63, 3.8) is 0 Å². The molecule has 2 atom stereocenters. The van der Waals surface area contributed by atoms with Crippen LogP contribution < -0.4 is 11.1 Å². The largest absolute Gasteiger partial charge is 0.508 e. The molecule has 2 unspecified atom stereocenters. The number of hydrogen-bond acceptors (Lipinski definition) is 4. The highest BCUT2D eigenvalue weighted by Crippen LogP contribution is 2.24. The van der Waals surface area contributed by atoms with Gasteiger partial charge in [0.05, 0.1) is 5.56 Å². The molecule has 5 N–H and O–H groups in total. The molecular weight excluding hydrogens is 232 g/mol. The van der Waals surface area contributed by atoms with Crippen LogP contribution >= 0.6 is 0 Å². The molecule has 1 aliphatic rings. The van der Waals surface area contributed by atoms with Crippen LogP contribution in [-0.2, 0) is 0 Å². The Hall–Kier alpha value is -1.75. The third kappa shape index (κ3) is 2.73. The molecule has 2 rings (SSSR count). The first kappa shape index (κ1) is 12.7. The van der Waals surface area contributed by atoms with Gasteiger partial charge in [0.2, 0.25) is 0 Å². The summed E-state index contributed by atoms with van der Waals surface area (Å²) in [5.74, 6) is -0.315. The Labute approximate surface area is 106 Å². The first-order valence-corrected chi connectivity index (χ1v) is 6.13. The molecule has 0 radical (unpaired) electrons. The average molecular weight is 250 g/mol. The summed E-state index contributed by atoms with van der Waals surface area (Å²) in [6, 6.07) is 4.07. The Bertz CT molecular complexity index is 448. The molecule has 1 aliphatic carbocycles. The van der Waals surface area contributed by atoms with Gasteiger partial charge < -0.3 is 21.3 Å². The molecule has 1 fully saturated rings. The lowest BCUT2D eigenvalue weighted by Crippen LogP contribution is -2.36. The Balaban J connectivity index is 1.95. The van der Waals surface area contributed by atoms with Crippen molar-refractivity contribution in [1.82, 2.24) is 5.32 Å². The number of aromatic hydroxyl groups is 2. The van der Waals surface area contributed by atoms with Crippen LogP contribution in [0, 0.1) is 5.92 Å². The Morgan fingerprint density at radius 3 is 2.78 bits per heavy atom. The van der Waals surface area contributed by atoms with E-state index in [0.29, 0.717) is 12.5 Å².